The molecule has 3 heteroatoms. The molecule has 1 aliphatic rings. The number of nitrogens with zero attached hydrogens (tertiary/aromatic N) is 1. The van der Waals surface area contributed by atoms with Gasteiger partial charge in [0.1, 0.15) is 12.4 Å². The fourth-order valence-corrected chi connectivity index (χ4v) is 4.33. The monoisotopic (exact) mass is 427 g/mol. The van der Waals surface area contributed by atoms with Gasteiger partial charge in [-0.05, 0) is 66.6 Å². The van der Waals surface area contributed by atoms with Gasteiger partial charge in [-0.1, -0.05) is 74.9 Å². The van der Waals surface area contributed by atoms with Crippen LogP contribution in [0.1, 0.15) is 60.5 Å². The number of piperidine rings is 1. The number of benzene rings is 3. The first kappa shape index (κ1) is 22.3. The quantitative estimate of drug-likeness (QED) is 0.295. The molecular formula is C29H33NO2. The zero-order chi connectivity index (χ0) is 22.3. The fourth-order valence-electron chi connectivity index (χ4n) is 4.33. The normalized spacial score (nSPS) is 15.0. The van der Waals surface area contributed by atoms with Crippen molar-refractivity contribution in [3.05, 3.63) is 83.4 Å². The van der Waals surface area contributed by atoms with Crippen LogP contribution in [0.25, 0.3) is 16.8 Å². The van der Waals surface area contributed by atoms with Gasteiger partial charge < -0.3 is 4.74 Å². The van der Waals surface area contributed by atoms with Gasteiger partial charge in [0.25, 0.3) is 0 Å². The van der Waals surface area contributed by atoms with Gasteiger partial charge in [0.15, 0.2) is 5.78 Å². The van der Waals surface area contributed by atoms with Crippen molar-refractivity contribution in [3.8, 4) is 5.75 Å². The Labute approximate surface area is 191 Å². The number of likely N-dealkylation sites (tertiary alicyclic amines) is 1. The van der Waals surface area contributed by atoms with Crippen LogP contribution in [-0.2, 0) is 0 Å². The average molecular weight is 428 g/mol. The molecule has 1 fully saturated rings. The molecule has 166 valence electrons. The summed E-state index contributed by atoms with van der Waals surface area (Å²) in [5, 5.41) is 1.93. The zero-order valence-corrected chi connectivity index (χ0v) is 19.2. The maximum Gasteiger partial charge on any atom is 0.186 e. The summed E-state index contributed by atoms with van der Waals surface area (Å²) in [7, 11) is 0. The van der Waals surface area contributed by atoms with Crippen molar-refractivity contribution in [1.82, 2.24) is 4.90 Å². The number of allylic oxidation sites excluding steroid dienone is 1. The molecule has 0 atom stereocenters. The van der Waals surface area contributed by atoms with Crippen molar-refractivity contribution in [2.45, 2.75) is 39.0 Å². The Morgan fingerprint density at radius 3 is 2.38 bits per heavy atom. The zero-order valence-electron chi connectivity index (χ0n) is 19.2. The Balaban J connectivity index is 1.48. The minimum absolute atomic E-state index is 0.00834. The molecule has 0 aliphatic carbocycles. The molecule has 0 N–H and O–H groups in total. The van der Waals surface area contributed by atoms with Crippen LogP contribution < -0.4 is 4.74 Å². The highest BCUT2D eigenvalue weighted by Crippen LogP contribution is 2.29. The van der Waals surface area contributed by atoms with Crippen molar-refractivity contribution in [2.24, 2.45) is 0 Å². The number of carbonyl (C=O) groups is 1. The Morgan fingerprint density at radius 2 is 1.66 bits per heavy atom. The predicted molar refractivity (Wildman–Crippen MR) is 134 cm³/mol. The number of ketones is 1. The number of ether oxygens (including phenoxy) is 1. The van der Waals surface area contributed by atoms with Crippen LogP contribution in [0.4, 0.5) is 0 Å². The summed E-state index contributed by atoms with van der Waals surface area (Å²) in [6.45, 7) is 8.33. The lowest BCUT2D eigenvalue weighted by atomic mass is 9.99. The first-order chi connectivity index (χ1) is 15.6. The van der Waals surface area contributed by atoms with E-state index >= 15 is 0 Å². The van der Waals surface area contributed by atoms with Gasteiger partial charge in [0, 0.05) is 17.5 Å². The van der Waals surface area contributed by atoms with Crippen LogP contribution in [0, 0.1) is 0 Å². The van der Waals surface area contributed by atoms with E-state index in [1.54, 1.807) is 6.08 Å². The third-order valence-electron chi connectivity index (χ3n) is 6.29. The fraction of sp³-hybridized carbons (Fsp3) is 0.345. The number of fused-ring (bicyclic) bond motifs is 1. The molecule has 1 heterocycles. The SMILES string of the molecule is CC(C)c1ccc(/C=C/C(=O)c2ccc(OCCN3CCCCC3)c3ccccc23)cc1. The van der Waals surface area contributed by atoms with E-state index in [-0.39, 0.29) is 5.78 Å². The summed E-state index contributed by atoms with van der Waals surface area (Å²) in [6, 6.07) is 20.2. The molecule has 3 nitrogen and oxygen atoms in total. The standard InChI is InChI=1S/C29H33NO2/c1-22(2)24-13-10-23(11-14-24)12-16-28(31)26-15-17-29(27-9-5-4-8-25(26)27)32-21-20-30-18-6-3-7-19-30/h4-5,8-17,22H,3,6-7,18-21H2,1-2H3/b16-12+. The van der Waals surface area contributed by atoms with E-state index < -0.39 is 0 Å². The van der Waals surface area contributed by atoms with E-state index in [0.717, 1.165) is 28.6 Å². The van der Waals surface area contributed by atoms with Crippen LogP contribution in [-0.4, -0.2) is 36.9 Å². The Bertz CT molecular complexity index is 1080. The van der Waals surface area contributed by atoms with Gasteiger partial charge in [-0.2, -0.15) is 0 Å². The van der Waals surface area contributed by atoms with Crippen LogP contribution in [0.5, 0.6) is 5.75 Å². The average Bonchev–Trinajstić information content (AvgIpc) is 2.83. The minimum Gasteiger partial charge on any atom is -0.492 e. The Hall–Kier alpha value is -2.91. The number of rotatable bonds is 8. The van der Waals surface area contributed by atoms with Crippen molar-refractivity contribution in [3.63, 3.8) is 0 Å². The Kier molecular flexibility index (Phi) is 7.39. The molecule has 0 amide bonds. The lowest BCUT2D eigenvalue weighted by Crippen LogP contribution is -2.33. The molecule has 1 saturated heterocycles. The maximum atomic E-state index is 13.0. The predicted octanol–water partition coefficient (Wildman–Crippen LogP) is 6.72. The molecule has 3 aromatic carbocycles. The van der Waals surface area contributed by atoms with Gasteiger partial charge in [-0.3, -0.25) is 9.69 Å². The van der Waals surface area contributed by atoms with Crippen molar-refractivity contribution in [1.29, 1.82) is 0 Å². The van der Waals surface area contributed by atoms with Gasteiger partial charge in [-0.15, -0.1) is 0 Å². The summed E-state index contributed by atoms with van der Waals surface area (Å²) in [4.78, 5) is 15.5. The third-order valence-corrected chi connectivity index (χ3v) is 6.29. The highest BCUT2D eigenvalue weighted by molar-refractivity contribution is 6.15. The van der Waals surface area contributed by atoms with E-state index in [2.05, 4.69) is 43.0 Å². The first-order valence-electron chi connectivity index (χ1n) is 11.8. The van der Waals surface area contributed by atoms with Gasteiger partial charge in [-0.25, -0.2) is 0 Å². The second kappa shape index (κ2) is 10.6. The third kappa shape index (κ3) is 5.46. The summed E-state index contributed by atoms with van der Waals surface area (Å²) in [6.07, 6.45) is 7.48. The van der Waals surface area contributed by atoms with E-state index in [0.29, 0.717) is 18.1 Å². The second-order valence-corrected chi connectivity index (χ2v) is 8.93. The van der Waals surface area contributed by atoms with Crippen molar-refractivity contribution < 1.29 is 9.53 Å². The first-order valence-corrected chi connectivity index (χ1v) is 11.8. The van der Waals surface area contributed by atoms with E-state index in [4.69, 9.17) is 4.74 Å². The summed E-state index contributed by atoms with van der Waals surface area (Å²) in [5.74, 6) is 1.36. The molecule has 0 spiro atoms. The van der Waals surface area contributed by atoms with Gasteiger partial charge in [0.05, 0.1) is 0 Å². The summed E-state index contributed by atoms with van der Waals surface area (Å²) < 4.78 is 6.15. The van der Waals surface area contributed by atoms with Crippen LogP contribution in [0.3, 0.4) is 0 Å². The molecule has 0 bridgehead atoms. The van der Waals surface area contributed by atoms with E-state index in [1.807, 2.05) is 42.5 Å². The lowest BCUT2D eigenvalue weighted by molar-refractivity contribution is 0.104. The van der Waals surface area contributed by atoms with Crippen molar-refractivity contribution >= 4 is 22.6 Å². The molecule has 0 saturated carbocycles. The van der Waals surface area contributed by atoms with Crippen molar-refractivity contribution in [2.75, 3.05) is 26.2 Å². The van der Waals surface area contributed by atoms with E-state index in [1.165, 1.54) is 37.9 Å². The highest BCUT2D eigenvalue weighted by Gasteiger charge is 2.13. The summed E-state index contributed by atoms with van der Waals surface area (Å²) >= 11 is 0. The molecule has 1 aliphatic heterocycles. The second-order valence-electron chi connectivity index (χ2n) is 8.93. The largest absolute Gasteiger partial charge is 0.492 e. The maximum absolute atomic E-state index is 13.0. The molecule has 0 aromatic heterocycles. The molecular weight excluding hydrogens is 394 g/mol. The summed E-state index contributed by atoms with van der Waals surface area (Å²) in [5.41, 5.74) is 3.04. The van der Waals surface area contributed by atoms with Crippen LogP contribution >= 0.6 is 0 Å². The lowest BCUT2D eigenvalue weighted by Gasteiger charge is -2.26. The van der Waals surface area contributed by atoms with Crippen LogP contribution in [0.15, 0.2) is 66.7 Å². The molecule has 32 heavy (non-hydrogen) atoms. The van der Waals surface area contributed by atoms with Gasteiger partial charge in [0.2, 0.25) is 0 Å². The van der Waals surface area contributed by atoms with E-state index in [9.17, 15) is 4.79 Å². The molecule has 3 aromatic rings. The number of carbonyl (C=O) groups excluding carboxylic acids is 1. The number of hydrogen-bond acceptors (Lipinski definition) is 3. The highest BCUT2D eigenvalue weighted by atomic mass is 16.5. The molecule has 4 rings (SSSR count). The smallest absolute Gasteiger partial charge is 0.186 e. The minimum atomic E-state index is 0.00834. The molecule has 0 radical (unpaired) electrons. The Morgan fingerprint density at radius 1 is 0.938 bits per heavy atom. The molecule has 0 unspecified atom stereocenters. The van der Waals surface area contributed by atoms with Crippen LogP contribution in [0.2, 0.25) is 0 Å². The topological polar surface area (TPSA) is 29.5 Å². The number of hydrogen-bond donors (Lipinski definition) is 0. The van der Waals surface area contributed by atoms with Gasteiger partial charge >= 0.3 is 0 Å².